The summed E-state index contributed by atoms with van der Waals surface area (Å²) in [5.74, 6) is 0. The molecule has 0 fully saturated rings. The van der Waals surface area contributed by atoms with Gasteiger partial charge in [0.2, 0.25) is 0 Å². The summed E-state index contributed by atoms with van der Waals surface area (Å²) >= 11 is 0. The van der Waals surface area contributed by atoms with Crippen LogP contribution in [-0.2, 0) is 6.42 Å². The van der Waals surface area contributed by atoms with Crippen molar-refractivity contribution in [1.29, 1.82) is 0 Å². The van der Waals surface area contributed by atoms with Crippen molar-refractivity contribution in [2.45, 2.75) is 48.0 Å². The molecule has 0 bridgehead atoms. The van der Waals surface area contributed by atoms with E-state index in [1.807, 2.05) is 46.9 Å². The van der Waals surface area contributed by atoms with Crippen LogP contribution in [0, 0.1) is 0 Å². The molecule has 0 atom stereocenters. The average Bonchev–Trinajstić information content (AvgIpc) is 2.77. The molecule has 0 saturated carbocycles. The molecule has 0 aliphatic carbocycles. The van der Waals surface area contributed by atoms with E-state index in [9.17, 15) is 0 Å². The first-order valence-corrected chi connectivity index (χ1v) is 6.28. The van der Waals surface area contributed by atoms with Gasteiger partial charge in [0, 0.05) is 17.5 Å². The Balaban J connectivity index is 0. The van der Waals surface area contributed by atoms with Crippen molar-refractivity contribution in [3.8, 4) is 0 Å². The van der Waals surface area contributed by atoms with Crippen LogP contribution in [0.4, 0.5) is 0 Å². The van der Waals surface area contributed by atoms with Gasteiger partial charge in [-0.2, -0.15) is 0 Å². The van der Waals surface area contributed by atoms with Crippen molar-refractivity contribution < 1.29 is 0 Å². The van der Waals surface area contributed by atoms with Crippen molar-refractivity contribution in [1.82, 2.24) is 4.98 Å². The third-order valence-electron chi connectivity index (χ3n) is 1.96. The number of aromatic nitrogens is 1. The highest BCUT2D eigenvalue weighted by atomic mass is 14.7. The Hall–Kier alpha value is -1.24. The van der Waals surface area contributed by atoms with Gasteiger partial charge in [0.15, 0.2) is 0 Å². The quantitative estimate of drug-likeness (QED) is 0.712. The molecule has 0 spiro atoms. The van der Waals surface area contributed by atoms with Gasteiger partial charge in [-0.25, -0.2) is 0 Å². The standard InChI is InChI=1S/C11H15N.2C2H6/c1-4-7-10-9(5-2)8-12-11(10)6-3;2*1-2/h4,6-8,12H,3,5H2,1-2H3;2*1-2H3/b7-4-;;. The molecule has 1 aromatic rings. The molecule has 1 nitrogen and oxygen atoms in total. The first-order chi connectivity index (χ1) is 7.83. The lowest BCUT2D eigenvalue weighted by molar-refractivity contribution is 1.14. The van der Waals surface area contributed by atoms with Crippen LogP contribution in [0.25, 0.3) is 12.2 Å². The van der Waals surface area contributed by atoms with Crippen molar-refractivity contribution in [2.75, 3.05) is 0 Å². The van der Waals surface area contributed by atoms with Crippen molar-refractivity contribution in [2.24, 2.45) is 0 Å². The fourth-order valence-electron chi connectivity index (χ4n) is 1.32. The zero-order chi connectivity index (χ0) is 13.0. The van der Waals surface area contributed by atoms with Gasteiger partial charge < -0.3 is 4.98 Å². The normalized spacial score (nSPS) is 8.88. The van der Waals surface area contributed by atoms with E-state index < -0.39 is 0 Å². The molecule has 0 aliphatic heterocycles. The zero-order valence-electron chi connectivity index (χ0n) is 11.7. The highest BCUT2D eigenvalue weighted by molar-refractivity contribution is 5.65. The Bertz CT molecular complexity index is 292. The fourth-order valence-corrected chi connectivity index (χ4v) is 1.32. The molecule has 1 rings (SSSR count). The third kappa shape index (κ3) is 5.01. The van der Waals surface area contributed by atoms with Gasteiger partial charge in [-0.15, -0.1) is 0 Å². The summed E-state index contributed by atoms with van der Waals surface area (Å²) in [5.41, 5.74) is 3.74. The van der Waals surface area contributed by atoms with Crippen LogP contribution in [0.3, 0.4) is 0 Å². The lowest BCUT2D eigenvalue weighted by Gasteiger charge is -1.95. The Morgan fingerprint density at radius 2 is 1.81 bits per heavy atom. The largest absolute Gasteiger partial charge is 0.361 e. The number of hydrogen-bond donors (Lipinski definition) is 1. The summed E-state index contributed by atoms with van der Waals surface area (Å²) in [6.45, 7) is 15.9. The van der Waals surface area contributed by atoms with Crippen LogP contribution in [0.1, 0.15) is 58.4 Å². The van der Waals surface area contributed by atoms with E-state index in [4.69, 9.17) is 0 Å². The average molecular weight is 221 g/mol. The minimum absolute atomic E-state index is 1.06. The molecule has 92 valence electrons. The van der Waals surface area contributed by atoms with E-state index in [-0.39, 0.29) is 0 Å². The molecule has 1 N–H and O–H groups in total. The first kappa shape index (κ1) is 17.2. The summed E-state index contributed by atoms with van der Waals surface area (Å²) in [6.07, 6.45) is 9.13. The Morgan fingerprint density at radius 1 is 1.25 bits per heavy atom. The zero-order valence-corrected chi connectivity index (χ0v) is 11.7. The van der Waals surface area contributed by atoms with Crippen LogP contribution in [-0.4, -0.2) is 4.98 Å². The minimum Gasteiger partial charge on any atom is -0.361 e. The van der Waals surface area contributed by atoms with Crippen molar-refractivity contribution in [3.63, 3.8) is 0 Å². The van der Waals surface area contributed by atoms with Crippen molar-refractivity contribution in [3.05, 3.63) is 35.7 Å². The SMILES string of the molecule is C=Cc1[nH]cc(CC)c1/C=C\C.CC.CC. The predicted molar refractivity (Wildman–Crippen MR) is 77.7 cm³/mol. The molecule has 0 aliphatic rings. The Kier molecular flexibility index (Phi) is 12.7. The third-order valence-corrected chi connectivity index (χ3v) is 1.96. The predicted octanol–water partition coefficient (Wildman–Crippen LogP) is 5.31. The lowest BCUT2D eigenvalue weighted by atomic mass is 10.1. The molecule has 1 heteroatoms. The summed E-state index contributed by atoms with van der Waals surface area (Å²) in [5, 5.41) is 0. The van der Waals surface area contributed by atoms with E-state index >= 15 is 0 Å². The number of aryl methyl sites for hydroxylation is 1. The van der Waals surface area contributed by atoms with E-state index in [2.05, 4.69) is 30.6 Å². The summed E-state index contributed by atoms with van der Waals surface area (Å²) in [4.78, 5) is 3.19. The smallest absolute Gasteiger partial charge is 0.0450 e. The molecule has 0 unspecified atom stereocenters. The van der Waals surface area contributed by atoms with E-state index in [1.165, 1.54) is 11.1 Å². The second kappa shape index (κ2) is 11.8. The van der Waals surface area contributed by atoms with Crippen LogP contribution < -0.4 is 0 Å². The Labute approximate surface area is 101 Å². The molecule has 0 radical (unpaired) electrons. The van der Waals surface area contributed by atoms with Gasteiger partial charge >= 0.3 is 0 Å². The second-order valence-corrected chi connectivity index (χ2v) is 2.70. The van der Waals surface area contributed by atoms with E-state index in [0.29, 0.717) is 0 Å². The van der Waals surface area contributed by atoms with Gasteiger partial charge in [0.05, 0.1) is 0 Å². The van der Waals surface area contributed by atoms with Gasteiger partial charge in [0.1, 0.15) is 0 Å². The molecule has 16 heavy (non-hydrogen) atoms. The van der Waals surface area contributed by atoms with Gasteiger partial charge in [-0.05, 0) is 25.0 Å². The maximum atomic E-state index is 3.76. The maximum Gasteiger partial charge on any atom is 0.0450 e. The van der Waals surface area contributed by atoms with Crippen LogP contribution in [0.5, 0.6) is 0 Å². The monoisotopic (exact) mass is 221 g/mol. The van der Waals surface area contributed by atoms with Gasteiger partial charge in [-0.1, -0.05) is 53.3 Å². The van der Waals surface area contributed by atoms with Crippen molar-refractivity contribution >= 4 is 12.2 Å². The first-order valence-electron chi connectivity index (χ1n) is 6.28. The maximum absolute atomic E-state index is 3.76. The fraction of sp³-hybridized carbons (Fsp3) is 0.467. The number of allylic oxidation sites excluding steroid dienone is 1. The molecular weight excluding hydrogens is 194 g/mol. The highest BCUT2D eigenvalue weighted by Gasteiger charge is 2.02. The second-order valence-electron chi connectivity index (χ2n) is 2.70. The topological polar surface area (TPSA) is 15.8 Å². The van der Waals surface area contributed by atoms with Gasteiger partial charge in [0.25, 0.3) is 0 Å². The number of H-pyrrole nitrogens is 1. The Morgan fingerprint density at radius 3 is 2.19 bits per heavy atom. The van der Waals surface area contributed by atoms with Crippen LogP contribution in [0.15, 0.2) is 18.9 Å². The molecule has 1 heterocycles. The number of aromatic amines is 1. The summed E-state index contributed by atoms with van der Waals surface area (Å²) < 4.78 is 0. The number of hydrogen-bond acceptors (Lipinski definition) is 0. The molecular formula is C15H27N. The van der Waals surface area contributed by atoms with Gasteiger partial charge in [-0.3, -0.25) is 0 Å². The number of rotatable bonds is 3. The molecule has 0 amide bonds. The van der Waals surface area contributed by atoms with E-state index in [1.54, 1.807) is 0 Å². The molecule has 1 aromatic heterocycles. The molecule has 0 aromatic carbocycles. The van der Waals surface area contributed by atoms with Crippen LogP contribution in [0.2, 0.25) is 0 Å². The minimum atomic E-state index is 1.06. The van der Waals surface area contributed by atoms with Crippen LogP contribution >= 0.6 is 0 Å². The highest BCUT2D eigenvalue weighted by Crippen LogP contribution is 2.17. The summed E-state index contributed by atoms with van der Waals surface area (Å²) in [7, 11) is 0. The lowest BCUT2D eigenvalue weighted by Crippen LogP contribution is -1.80. The summed E-state index contributed by atoms with van der Waals surface area (Å²) in [6, 6.07) is 0. The van der Waals surface area contributed by atoms with E-state index in [0.717, 1.165) is 12.1 Å². The molecule has 0 saturated heterocycles. The number of nitrogens with one attached hydrogen (secondary N) is 1.